The minimum absolute atomic E-state index is 0.141. The van der Waals surface area contributed by atoms with Gasteiger partial charge in [0.2, 0.25) is 0 Å². The van der Waals surface area contributed by atoms with Crippen molar-refractivity contribution in [1.29, 1.82) is 0 Å². The topological polar surface area (TPSA) is 78.9 Å². The monoisotopic (exact) mass is 434 g/mol. The molecule has 1 aliphatic rings. The van der Waals surface area contributed by atoms with Gasteiger partial charge in [-0.05, 0) is 38.1 Å². The first-order valence-electron chi connectivity index (χ1n) is 10.4. The third-order valence-electron chi connectivity index (χ3n) is 4.98. The molecule has 2 aromatic carbocycles. The number of pyridine rings is 1. The summed E-state index contributed by atoms with van der Waals surface area (Å²) in [6, 6.07) is 14.7. The van der Waals surface area contributed by atoms with Gasteiger partial charge in [0.05, 0.1) is 7.11 Å². The number of ether oxygens (including phenoxy) is 4. The third kappa shape index (κ3) is 5.11. The molecule has 0 unspecified atom stereocenters. The Labute approximate surface area is 187 Å². The zero-order chi connectivity index (χ0) is 22.6. The van der Waals surface area contributed by atoms with Crippen molar-refractivity contribution in [2.24, 2.45) is 0 Å². The van der Waals surface area contributed by atoms with Gasteiger partial charge in [0.1, 0.15) is 12.2 Å². The van der Waals surface area contributed by atoms with Crippen LogP contribution in [0.15, 0.2) is 60.9 Å². The number of fused-ring (bicyclic) bond motifs is 1. The summed E-state index contributed by atoms with van der Waals surface area (Å²) in [7, 11) is 1.57. The summed E-state index contributed by atoms with van der Waals surface area (Å²) in [5, 5.41) is 2.83. The van der Waals surface area contributed by atoms with E-state index in [0.717, 1.165) is 17.5 Å². The minimum Gasteiger partial charge on any atom is -0.493 e. The van der Waals surface area contributed by atoms with Crippen LogP contribution in [0.3, 0.4) is 0 Å². The molecule has 0 radical (unpaired) electrons. The normalized spacial score (nSPS) is 13.6. The van der Waals surface area contributed by atoms with Gasteiger partial charge in [-0.15, -0.1) is 0 Å². The van der Waals surface area contributed by atoms with E-state index in [9.17, 15) is 4.79 Å². The van der Waals surface area contributed by atoms with Gasteiger partial charge in [-0.25, -0.2) is 0 Å². The Hall–Kier alpha value is -3.74. The lowest BCUT2D eigenvalue weighted by molar-refractivity contribution is -0.118. The van der Waals surface area contributed by atoms with Crippen LogP contribution in [0.1, 0.15) is 25.0 Å². The predicted molar refractivity (Wildman–Crippen MR) is 121 cm³/mol. The van der Waals surface area contributed by atoms with E-state index in [1.807, 2.05) is 44.2 Å². The molecule has 7 nitrogen and oxygen atoms in total. The minimum atomic E-state index is -0.289. The second-order valence-electron chi connectivity index (χ2n) is 8.14. The van der Waals surface area contributed by atoms with Crippen LogP contribution in [0.4, 0.5) is 5.69 Å². The molecule has 7 heteroatoms. The lowest BCUT2D eigenvalue weighted by Crippen LogP contribution is -2.25. The average molecular weight is 434 g/mol. The average Bonchev–Trinajstić information content (AvgIpc) is 3.11. The number of para-hydroxylation sites is 1. The standard InChI is InChI=1S/C25H26N2O5/c1-25(2)13-18-7-4-8-21(24(18)32-25)31-16-23(28)27-19-9-10-20(29-3)22(12-19)30-15-17-6-5-11-26-14-17/h4-12,14H,13,15-16H2,1-3H3,(H,27,28). The fourth-order valence-electron chi connectivity index (χ4n) is 3.55. The quantitative estimate of drug-likeness (QED) is 0.566. The van der Waals surface area contributed by atoms with Crippen LogP contribution < -0.4 is 24.3 Å². The number of aromatic nitrogens is 1. The highest BCUT2D eigenvalue weighted by Gasteiger charge is 2.32. The summed E-state index contributed by atoms with van der Waals surface area (Å²) in [5.74, 6) is 2.08. The van der Waals surface area contributed by atoms with Crippen molar-refractivity contribution < 1.29 is 23.7 Å². The molecule has 1 aromatic heterocycles. The number of hydrogen-bond acceptors (Lipinski definition) is 6. The first kappa shape index (κ1) is 21.5. The number of amides is 1. The number of nitrogens with zero attached hydrogens (tertiary/aromatic N) is 1. The van der Waals surface area contributed by atoms with Gasteiger partial charge in [-0.3, -0.25) is 9.78 Å². The number of anilines is 1. The zero-order valence-corrected chi connectivity index (χ0v) is 18.4. The molecule has 4 rings (SSSR count). The Morgan fingerprint density at radius 1 is 1.09 bits per heavy atom. The van der Waals surface area contributed by atoms with E-state index in [4.69, 9.17) is 18.9 Å². The highest BCUT2D eigenvalue weighted by atomic mass is 16.5. The first-order valence-corrected chi connectivity index (χ1v) is 10.4. The molecule has 3 aromatic rings. The maximum Gasteiger partial charge on any atom is 0.262 e. The number of carbonyl (C=O) groups excluding carboxylic acids is 1. The van der Waals surface area contributed by atoms with E-state index in [-0.39, 0.29) is 18.1 Å². The van der Waals surface area contributed by atoms with Gasteiger partial charge in [0.15, 0.2) is 29.6 Å². The second kappa shape index (κ2) is 9.18. The molecule has 1 amide bonds. The Morgan fingerprint density at radius 2 is 1.97 bits per heavy atom. The number of hydrogen-bond donors (Lipinski definition) is 1. The van der Waals surface area contributed by atoms with E-state index in [0.29, 0.717) is 35.3 Å². The van der Waals surface area contributed by atoms with Crippen LogP contribution in [0.2, 0.25) is 0 Å². The van der Waals surface area contributed by atoms with Crippen molar-refractivity contribution in [3.63, 3.8) is 0 Å². The van der Waals surface area contributed by atoms with Crippen LogP contribution in [0.5, 0.6) is 23.0 Å². The fraction of sp³-hybridized carbons (Fsp3) is 0.280. The molecule has 2 heterocycles. The molecule has 0 fully saturated rings. The number of benzene rings is 2. The van der Waals surface area contributed by atoms with Gasteiger partial charge in [0, 0.05) is 41.7 Å². The molecule has 0 bridgehead atoms. The van der Waals surface area contributed by atoms with Crippen molar-refractivity contribution in [1.82, 2.24) is 4.98 Å². The Bertz CT molecular complexity index is 1100. The summed E-state index contributed by atoms with van der Waals surface area (Å²) >= 11 is 0. The van der Waals surface area contributed by atoms with E-state index in [2.05, 4.69) is 10.3 Å². The molecule has 1 aliphatic heterocycles. The molecule has 0 aliphatic carbocycles. The zero-order valence-electron chi connectivity index (χ0n) is 18.4. The predicted octanol–water partition coefficient (Wildman–Crippen LogP) is 4.40. The maximum absolute atomic E-state index is 12.5. The smallest absolute Gasteiger partial charge is 0.262 e. The van der Waals surface area contributed by atoms with Gasteiger partial charge in [-0.2, -0.15) is 0 Å². The second-order valence-corrected chi connectivity index (χ2v) is 8.14. The van der Waals surface area contributed by atoms with E-state index in [1.165, 1.54) is 0 Å². The maximum atomic E-state index is 12.5. The Kier molecular flexibility index (Phi) is 6.16. The first-order chi connectivity index (χ1) is 15.4. The van der Waals surface area contributed by atoms with Gasteiger partial charge < -0.3 is 24.3 Å². The SMILES string of the molecule is COc1ccc(NC(=O)COc2cccc3c2OC(C)(C)C3)cc1OCc1cccnc1. The molecule has 0 saturated heterocycles. The van der Waals surface area contributed by atoms with Crippen molar-refractivity contribution in [3.8, 4) is 23.0 Å². The molecule has 0 spiro atoms. The van der Waals surface area contributed by atoms with Gasteiger partial charge >= 0.3 is 0 Å². The number of rotatable bonds is 8. The van der Waals surface area contributed by atoms with Gasteiger partial charge in [-0.1, -0.05) is 18.2 Å². The van der Waals surface area contributed by atoms with E-state index < -0.39 is 0 Å². The highest BCUT2D eigenvalue weighted by Crippen LogP contribution is 2.41. The molecule has 0 atom stereocenters. The molecule has 1 N–H and O–H groups in total. The van der Waals surface area contributed by atoms with E-state index in [1.54, 1.807) is 37.7 Å². The van der Waals surface area contributed by atoms with Crippen LogP contribution in [0.25, 0.3) is 0 Å². The van der Waals surface area contributed by atoms with Crippen LogP contribution in [-0.2, 0) is 17.8 Å². The highest BCUT2D eigenvalue weighted by molar-refractivity contribution is 5.92. The van der Waals surface area contributed by atoms with Crippen molar-refractivity contribution in [2.75, 3.05) is 19.0 Å². The molecule has 32 heavy (non-hydrogen) atoms. The number of nitrogens with one attached hydrogen (secondary N) is 1. The Morgan fingerprint density at radius 3 is 2.75 bits per heavy atom. The largest absolute Gasteiger partial charge is 0.493 e. The van der Waals surface area contributed by atoms with Crippen molar-refractivity contribution in [3.05, 3.63) is 72.1 Å². The lowest BCUT2D eigenvalue weighted by Gasteiger charge is -2.18. The summed E-state index contributed by atoms with van der Waals surface area (Å²) in [5.41, 5.74) is 2.31. The summed E-state index contributed by atoms with van der Waals surface area (Å²) in [6.07, 6.45) is 4.25. The van der Waals surface area contributed by atoms with Gasteiger partial charge in [0.25, 0.3) is 5.91 Å². The summed E-state index contributed by atoms with van der Waals surface area (Å²) in [4.78, 5) is 16.6. The summed E-state index contributed by atoms with van der Waals surface area (Å²) in [6.45, 7) is 4.25. The van der Waals surface area contributed by atoms with Crippen molar-refractivity contribution in [2.45, 2.75) is 32.5 Å². The molecular weight excluding hydrogens is 408 g/mol. The summed E-state index contributed by atoms with van der Waals surface area (Å²) < 4.78 is 23.0. The lowest BCUT2D eigenvalue weighted by atomic mass is 10.0. The van der Waals surface area contributed by atoms with Crippen LogP contribution in [0, 0.1) is 0 Å². The molecular formula is C25H26N2O5. The molecule has 0 saturated carbocycles. The Balaban J connectivity index is 1.38. The van der Waals surface area contributed by atoms with Crippen LogP contribution >= 0.6 is 0 Å². The van der Waals surface area contributed by atoms with Crippen LogP contribution in [-0.4, -0.2) is 30.2 Å². The van der Waals surface area contributed by atoms with E-state index >= 15 is 0 Å². The fourth-order valence-corrected chi connectivity index (χ4v) is 3.55. The number of carbonyl (C=O) groups is 1. The van der Waals surface area contributed by atoms with Crippen molar-refractivity contribution >= 4 is 11.6 Å². The molecule has 166 valence electrons. The third-order valence-corrected chi connectivity index (χ3v) is 4.98. The number of methoxy groups -OCH3 is 1.